The molecule has 2 aromatic carbocycles. The molecule has 0 aliphatic carbocycles. The number of nitrogens with zero attached hydrogens (tertiary/aromatic N) is 1. The second-order valence-corrected chi connectivity index (χ2v) is 6.23. The van der Waals surface area contributed by atoms with E-state index in [0.29, 0.717) is 18.1 Å². The van der Waals surface area contributed by atoms with Crippen LogP contribution in [0.15, 0.2) is 77.4 Å². The van der Waals surface area contributed by atoms with Gasteiger partial charge in [-0.1, -0.05) is 42.5 Å². The van der Waals surface area contributed by atoms with E-state index in [9.17, 15) is 10.1 Å². The number of methoxy groups -OCH3 is 1. The number of hydrogen-bond donors (Lipinski definition) is 1. The van der Waals surface area contributed by atoms with Gasteiger partial charge in [0.2, 0.25) is 5.88 Å². The lowest BCUT2D eigenvalue weighted by Gasteiger charge is -2.26. The molecule has 3 rings (SSSR count). The summed E-state index contributed by atoms with van der Waals surface area (Å²) < 4.78 is 16.0. The molecule has 142 valence electrons. The molecule has 0 aromatic heterocycles. The highest BCUT2D eigenvalue weighted by atomic mass is 16.5. The SMILES string of the molecule is COC(=O)C1=C(C)OC(N)=C(C#N)[C@@H]1c1ccc(OCc2ccccc2)cc1. The van der Waals surface area contributed by atoms with Crippen molar-refractivity contribution in [1.82, 2.24) is 0 Å². The second-order valence-electron chi connectivity index (χ2n) is 6.23. The van der Waals surface area contributed by atoms with Gasteiger partial charge in [0.15, 0.2) is 0 Å². The van der Waals surface area contributed by atoms with Crippen LogP contribution in [0, 0.1) is 11.3 Å². The summed E-state index contributed by atoms with van der Waals surface area (Å²) in [5.41, 5.74) is 8.08. The Labute approximate surface area is 163 Å². The van der Waals surface area contributed by atoms with Crippen LogP contribution >= 0.6 is 0 Å². The van der Waals surface area contributed by atoms with Crippen molar-refractivity contribution in [2.45, 2.75) is 19.4 Å². The molecular weight excluding hydrogens is 356 g/mol. The summed E-state index contributed by atoms with van der Waals surface area (Å²) in [7, 11) is 1.29. The smallest absolute Gasteiger partial charge is 0.338 e. The Morgan fingerprint density at radius 1 is 1.18 bits per heavy atom. The summed E-state index contributed by atoms with van der Waals surface area (Å²) in [6, 6.07) is 19.1. The Bertz CT molecular complexity index is 970. The Hall–Kier alpha value is -3.72. The van der Waals surface area contributed by atoms with E-state index >= 15 is 0 Å². The van der Waals surface area contributed by atoms with Crippen LogP contribution in [0.25, 0.3) is 0 Å². The van der Waals surface area contributed by atoms with Gasteiger partial charge >= 0.3 is 5.97 Å². The van der Waals surface area contributed by atoms with E-state index < -0.39 is 11.9 Å². The maximum atomic E-state index is 12.3. The molecule has 0 saturated heterocycles. The average Bonchev–Trinajstić information content (AvgIpc) is 2.72. The zero-order valence-corrected chi connectivity index (χ0v) is 15.6. The zero-order valence-electron chi connectivity index (χ0n) is 15.6. The lowest BCUT2D eigenvalue weighted by atomic mass is 9.83. The maximum absolute atomic E-state index is 12.3. The standard InChI is InChI=1S/C22H20N2O4/c1-14-19(22(25)26-2)20(18(12-23)21(24)28-14)16-8-10-17(11-9-16)27-13-15-6-4-3-5-7-15/h3-11,20H,13,24H2,1-2H3/t20-/m0/s1. The Morgan fingerprint density at radius 2 is 1.86 bits per heavy atom. The Morgan fingerprint density at radius 3 is 2.46 bits per heavy atom. The molecule has 0 radical (unpaired) electrons. The molecule has 2 N–H and O–H groups in total. The number of nitrogens with two attached hydrogens (primary N) is 1. The van der Waals surface area contributed by atoms with Crippen molar-refractivity contribution in [2.75, 3.05) is 7.11 Å². The first-order valence-electron chi connectivity index (χ1n) is 8.68. The van der Waals surface area contributed by atoms with Gasteiger partial charge < -0.3 is 19.9 Å². The number of hydrogen-bond acceptors (Lipinski definition) is 6. The molecule has 0 fully saturated rings. The first kappa shape index (κ1) is 19.1. The van der Waals surface area contributed by atoms with E-state index in [1.165, 1.54) is 7.11 Å². The molecule has 0 saturated carbocycles. The number of carbonyl (C=O) groups is 1. The van der Waals surface area contributed by atoms with E-state index in [0.717, 1.165) is 11.1 Å². The van der Waals surface area contributed by atoms with Crippen molar-refractivity contribution in [1.29, 1.82) is 5.26 Å². The van der Waals surface area contributed by atoms with Crippen LogP contribution < -0.4 is 10.5 Å². The third-order valence-corrected chi connectivity index (χ3v) is 4.47. The number of rotatable bonds is 5. The summed E-state index contributed by atoms with van der Waals surface area (Å²) in [5.74, 6) is -0.239. The predicted molar refractivity (Wildman–Crippen MR) is 103 cm³/mol. The van der Waals surface area contributed by atoms with E-state index in [1.807, 2.05) is 36.4 Å². The van der Waals surface area contributed by atoms with Crippen molar-refractivity contribution in [3.63, 3.8) is 0 Å². The number of benzene rings is 2. The molecule has 2 aromatic rings. The number of ether oxygens (including phenoxy) is 3. The number of nitriles is 1. The molecule has 1 aliphatic heterocycles. The van der Waals surface area contributed by atoms with Gasteiger partial charge in [0, 0.05) is 0 Å². The molecule has 1 atom stereocenters. The molecule has 0 amide bonds. The van der Waals surface area contributed by atoms with Crippen molar-refractivity contribution in [2.24, 2.45) is 5.73 Å². The minimum Gasteiger partial charge on any atom is -0.489 e. The molecule has 1 heterocycles. The van der Waals surface area contributed by atoms with Crippen LogP contribution in [0.1, 0.15) is 24.0 Å². The fourth-order valence-corrected chi connectivity index (χ4v) is 3.09. The number of allylic oxidation sites excluding steroid dienone is 2. The fraction of sp³-hybridized carbons (Fsp3) is 0.182. The molecule has 0 bridgehead atoms. The minimum absolute atomic E-state index is 0.0120. The zero-order chi connectivity index (χ0) is 20.1. The van der Waals surface area contributed by atoms with Gasteiger partial charge in [-0.2, -0.15) is 5.26 Å². The van der Waals surface area contributed by atoms with Crippen LogP contribution in [0.5, 0.6) is 5.75 Å². The van der Waals surface area contributed by atoms with Crippen LogP contribution in [0.3, 0.4) is 0 Å². The summed E-state index contributed by atoms with van der Waals surface area (Å²) >= 11 is 0. The summed E-state index contributed by atoms with van der Waals surface area (Å²) in [6.45, 7) is 2.07. The van der Waals surface area contributed by atoms with Crippen LogP contribution in [-0.4, -0.2) is 13.1 Å². The third-order valence-electron chi connectivity index (χ3n) is 4.47. The maximum Gasteiger partial charge on any atom is 0.338 e. The molecule has 28 heavy (non-hydrogen) atoms. The van der Waals surface area contributed by atoms with Gasteiger partial charge in [0.1, 0.15) is 29.8 Å². The molecule has 1 aliphatic rings. The highest BCUT2D eigenvalue weighted by molar-refractivity contribution is 5.92. The summed E-state index contributed by atoms with van der Waals surface area (Å²) in [5, 5.41) is 9.55. The molecule has 6 heteroatoms. The van der Waals surface area contributed by atoms with Crippen LogP contribution in [0.4, 0.5) is 0 Å². The van der Waals surface area contributed by atoms with E-state index in [4.69, 9.17) is 19.9 Å². The predicted octanol–water partition coefficient (Wildman–Crippen LogP) is 3.52. The molecular formula is C22H20N2O4. The van der Waals surface area contributed by atoms with E-state index in [-0.39, 0.29) is 17.0 Å². The highest BCUT2D eigenvalue weighted by Crippen LogP contribution is 2.39. The van der Waals surface area contributed by atoms with Gasteiger partial charge in [0.05, 0.1) is 18.6 Å². The molecule has 0 unspecified atom stereocenters. The summed E-state index contributed by atoms with van der Waals surface area (Å²) in [6.07, 6.45) is 0. The Balaban J connectivity index is 1.88. The molecule has 6 nitrogen and oxygen atoms in total. The second kappa shape index (κ2) is 8.31. The lowest BCUT2D eigenvalue weighted by Crippen LogP contribution is -2.25. The van der Waals surface area contributed by atoms with Gasteiger partial charge in [-0.05, 0) is 30.2 Å². The normalized spacial score (nSPS) is 16.2. The monoisotopic (exact) mass is 376 g/mol. The van der Waals surface area contributed by atoms with E-state index in [2.05, 4.69) is 0 Å². The van der Waals surface area contributed by atoms with Crippen LogP contribution in [-0.2, 0) is 20.9 Å². The average molecular weight is 376 g/mol. The number of esters is 1. The van der Waals surface area contributed by atoms with Gasteiger partial charge in [-0.25, -0.2) is 4.79 Å². The van der Waals surface area contributed by atoms with Gasteiger partial charge in [0.25, 0.3) is 0 Å². The largest absolute Gasteiger partial charge is 0.489 e. The van der Waals surface area contributed by atoms with Crippen molar-refractivity contribution >= 4 is 5.97 Å². The minimum atomic E-state index is -0.658. The molecule has 0 spiro atoms. The Kier molecular flexibility index (Phi) is 5.66. The summed E-state index contributed by atoms with van der Waals surface area (Å²) in [4.78, 5) is 12.3. The number of carbonyl (C=O) groups excluding carboxylic acids is 1. The first-order valence-corrected chi connectivity index (χ1v) is 8.68. The lowest BCUT2D eigenvalue weighted by molar-refractivity contribution is -0.136. The van der Waals surface area contributed by atoms with Gasteiger partial charge in [-0.15, -0.1) is 0 Å². The fourth-order valence-electron chi connectivity index (χ4n) is 3.09. The van der Waals surface area contributed by atoms with Crippen molar-refractivity contribution in [3.05, 3.63) is 88.5 Å². The van der Waals surface area contributed by atoms with Crippen LogP contribution in [0.2, 0.25) is 0 Å². The highest BCUT2D eigenvalue weighted by Gasteiger charge is 2.35. The first-order chi connectivity index (χ1) is 13.5. The third kappa shape index (κ3) is 3.84. The van der Waals surface area contributed by atoms with Crippen molar-refractivity contribution in [3.8, 4) is 11.8 Å². The quantitative estimate of drug-likeness (QED) is 0.803. The van der Waals surface area contributed by atoms with Crippen molar-refractivity contribution < 1.29 is 19.0 Å². The van der Waals surface area contributed by atoms with E-state index in [1.54, 1.807) is 31.2 Å². The topological polar surface area (TPSA) is 94.6 Å². The van der Waals surface area contributed by atoms with Gasteiger partial charge in [-0.3, -0.25) is 0 Å².